The van der Waals surface area contributed by atoms with Crippen molar-refractivity contribution in [1.29, 1.82) is 0 Å². The molecular weight excluding hydrogens is 348 g/mol. The van der Waals surface area contributed by atoms with Gasteiger partial charge in [0, 0.05) is 18.7 Å². The van der Waals surface area contributed by atoms with Crippen LogP contribution in [0.4, 0.5) is 0 Å². The molecule has 1 unspecified atom stereocenters. The van der Waals surface area contributed by atoms with Crippen LogP contribution in [-0.4, -0.2) is 60.0 Å². The maximum atomic E-state index is 12.7. The summed E-state index contributed by atoms with van der Waals surface area (Å²) in [7, 11) is -3.73. The Morgan fingerprint density at radius 1 is 1.24 bits per heavy atom. The van der Waals surface area contributed by atoms with E-state index in [1.807, 2.05) is 0 Å². The van der Waals surface area contributed by atoms with E-state index in [9.17, 15) is 23.1 Å². The van der Waals surface area contributed by atoms with E-state index in [1.54, 1.807) is 20.8 Å². The molecule has 1 atom stereocenters. The first-order valence-electron chi connectivity index (χ1n) is 7.82. The van der Waals surface area contributed by atoms with E-state index in [2.05, 4.69) is 5.32 Å². The van der Waals surface area contributed by atoms with Gasteiger partial charge in [-0.05, 0) is 31.5 Å². The Labute approximate surface area is 147 Å². The molecule has 3 N–H and O–H groups in total. The van der Waals surface area contributed by atoms with Crippen LogP contribution in [0, 0.1) is 6.92 Å². The van der Waals surface area contributed by atoms with Gasteiger partial charge in [-0.15, -0.1) is 0 Å². The van der Waals surface area contributed by atoms with Crippen molar-refractivity contribution >= 4 is 21.9 Å². The van der Waals surface area contributed by atoms with E-state index in [0.29, 0.717) is 18.7 Å². The number of rotatable bonds is 8. The van der Waals surface area contributed by atoms with Gasteiger partial charge in [-0.2, -0.15) is 4.31 Å². The molecular formula is C16H24N2O6S. The largest absolute Gasteiger partial charge is 0.479 e. The monoisotopic (exact) mass is 372 g/mol. The first-order valence-corrected chi connectivity index (χ1v) is 9.26. The number of amides is 1. The van der Waals surface area contributed by atoms with Crippen molar-refractivity contribution in [3.05, 3.63) is 29.3 Å². The van der Waals surface area contributed by atoms with Crippen LogP contribution in [0.15, 0.2) is 23.1 Å². The molecule has 1 aromatic carbocycles. The number of carbonyl (C=O) groups excluding carboxylic acids is 1. The van der Waals surface area contributed by atoms with E-state index in [0.717, 1.165) is 6.92 Å². The number of nitrogens with zero attached hydrogens (tertiary/aromatic N) is 1. The van der Waals surface area contributed by atoms with Gasteiger partial charge in [0.25, 0.3) is 5.91 Å². The number of hydrogen-bond acceptors (Lipinski definition) is 5. The smallest absolute Gasteiger partial charge is 0.337 e. The summed E-state index contributed by atoms with van der Waals surface area (Å²) < 4.78 is 26.6. The molecule has 0 aliphatic carbocycles. The molecule has 0 aliphatic heterocycles. The highest BCUT2D eigenvalue weighted by Gasteiger charge is 2.31. The summed E-state index contributed by atoms with van der Waals surface area (Å²) in [5.41, 5.74) is -1.55. The summed E-state index contributed by atoms with van der Waals surface area (Å²) >= 11 is 0. The third-order valence-electron chi connectivity index (χ3n) is 3.83. The van der Waals surface area contributed by atoms with Crippen LogP contribution in [0.25, 0.3) is 0 Å². The molecule has 0 saturated heterocycles. The Morgan fingerprint density at radius 3 is 2.28 bits per heavy atom. The molecule has 8 nitrogen and oxygen atoms in total. The quantitative estimate of drug-likeness (QED) is 0.613. The molecule has 0 aliphatic rings. The third kappa shape index (κ3) is 4.77. The molecule has 0 bridgehead atoms. The lowest BCUT2D eigenvalue weighted by atomic mass is 10.1. The Bertz CT molecular complexity index is 754. The molecule has 0 saturated carbocycles. The number of carboxylic acid groups (broad SMARTS) is 1. The van der Waals surface area contributed by atoms with Crippen LogP contribution in [0.5, 0.6) is 0 Å². The second-order valence-electron chi connectivity index (χ2n) is 5.83. The Kier molecular flexibility index (Phi) is 6.69. The van der Waals surface area contributed by atoms with Crippen molar-refractivity contribution in [3.8, 4) is 0 Å². The molecule has 0 spiro atoms. The molecule has 25 heavy (non-hydrogen) atoms. The highest BCUT2D eigenvalue weighted by Crippen LogP contribution is 2.21. The highest BCUT2D eigenvalue weighted by atomic mass is 32.2. The Morgan fingerprint density at radius 2 is 1.80 bits per heavy atom. The fraction of sp³-hybridized carbons (Fsp3) is 0.500. The fourth-order valence-electron chi connectivity index (χ4n) is 2.15. The van der Waals surface area contributed by atoms with E-state index < -0.39 is 34.0 Å². The van der Waals surface area contributed by atoms with Gasteiger partial charge in [-0.3, -0.25) is 4.79 Å². The lowest BCUT2D eigenvalue weighted by Gasteiger charge is -2.21. The Hall–Kier alpha value is -1.97. The number of carbonyl (C=O) groups is 2. The summed E-state index contributed by atoms with van der Waals surface area (Å²) in [6, 6.07) is 4.22. The van der Waals surface area contributed by atoms with Crippen LogP contribution < -0.4 is 5.32 Å². The molecule has 0 fully saturated rings. The van der Waals surface area contributed by atoms with Crippen molar-refractivity contribution in [1.82, 2.24) is 9.62 Å². The number of benzene rings is 1. The summed E-state index contributed by atoms with van der Waals surface area (Å²) in [6.07, 6.45) is 0. The average molecular weight is 372 g/mol. The lowest BCUT2D eigenvalue weighted by Crippen LogP contribution is -2.46. The molecule has 0 heterocycles. The first kappa shape index (κ1) is 21.1. The van der Waals surface area contributed by atoms with Crippen molar-refractivity contribution in [3.63, 3.8) is 0 Å². The van der Waals surface area contributed by atoms with Crippen LogP contribution in [0.2, 0.25) is 0 Å². The standard InChI is InChI=1S/C16H24N2O6S/c1-5-18(6-2)25(23,24)13-9-12(8-7-11(13)3)14(19)17-10-16(4,22)15(20)21/h7-9,22H,5-6,10H2,1-4H3,(H,17,19)(H,20,21). The Balaban J connectivity index is 3.13. The second-order valence-corrected chi connectivity index (χ2v) is 7.74. The lowest BCUT2D eigenvalue weighted by molar-refractivity contribution is -0.155. The zero-order valence-corrected chi connectivity index (χ0v) is 15.6. The molecule has 0 aromatic heterocycles. The average Bonchev–Trinajstić information content (AvgIpc) is 2.53. The fourth-order valence-corrected chi connectivity index (χ4v) is 3.86. The van der Waals surface area contributed by atoms with E-state index in [1.165, 1.54) is 22.5 Å². The topological polar surface area (TPSA) is 124 Å². The van der Waals surface area contributed by atoms with Crippen LogP contribution >= 0.6 is 0 Å². The van der Waals surface area contributed by atoms with Gasteiger partial charge in [0.15, 0.2) is 5.60 Å². The minimum atomic E-state index is -3.73. The number of sulfonamides is 1. The molecule has 1 amide bonds. The summed E-state index contributed by atoms with van der Waals surface area (Å²) in [5, 5.41) is 20.8. The van der Waals surface area contributed by atoms with Gasteiger partial charge in [0.1, 0.15) is 0 Å². The number of aliphatic hydroxyl groups is 1. The van der Waals surface area contributed by atoms with Crippen molar-refractivity contribution in [2.24, 2.45) is 0 Å². The maximum absolute atomic E-state index is 12.7. The predicted octanol–water partition coefficient (Wildman–Crippen LogP) is 0.591. The van der Waals surface area contributed by atoms with Gasteiger partial charge >= 0.3 is 5.97 Å². The maximum Gasteiger partial charge on any atom is 0.337 e. The van der Waals surface area contributed by atoms with E-state index in [-0.39, 0.29) is 10.5 Å². The SMILES string of the molecule is CCN(CC)S(=O)(=O)c1cc(C(=O)NCC(C)(O)C(=O)O)ccc1C. The number of hydrogen-bond donors (Lipinski definition) is 3. The normalized spacial score (nSPS) is 14.2. The first-order chi connectivity index (χ1) is 11.5. The van der Waals surface area contributed by atoms with Crippen molar-refractivity contribution < 1.29 is 28.2 Å². The van der Waals surface area contributed by atoms with Crippen LogP contribution in [-0.2, 0) is 14.8 Å². The molecule has 1 aromatic rings. The van der Waals surface area contributed by atoms with Gasteiger partial charge in [-0.1, -0.05) is 19.9 Å². The molecule has 0 radical (unpaired) electrons. The van der Waals surface area contributed by atoms with Crippen molar-refractivity contribution in [2.45, 2.75) is 38.2 Å². The van der Waals surface area contributed by atoms with E-state index >= 15 is 0 Å². The van der Waals surface area contributed by atoms with Crippen molar-refractivity contribution in [2.75, 3.05) is 19.6 Å². The second kappa shape index (κ2) is 7.94. The van der Waals surface area contributed by atoms with Gasteiger partial charge < -0.3 is 15.5 Å². The highest BCUT2D eigenvalue weighted by molar-refractivity contribution is 7.89. The van der Waals surface area contributed by atoms with Gasteiger partial charge in [0.05, 0.1) is 11.4 Å². The zero-order valence-electron chi connectivity index (χ0n) is 14.7. The van der Waals surface area contributed by atoms with Crippen LogP contribution in [0.3, 0.4) is 0 Å². The van der Waals surface area contributed by atoms with Gasteiger partial charge in [0.2, 0.25) is 10.0 Å². The van der Waals surface area contributed by atoms with E-state index in [4.69, 9.17) is 5.11 Å². The number of aryl methyl sites for hydroxylation is 1. The van der Waals surface area contributed by atoms with Gasteiger partial charge in [-0.25, -0.2) is 13.2 Å². The molecule has 9 heteroatoms. The zero-order chi connectivity index (χ0) is 19.4. The minimum absolute atomic E-state index is 0.0221. The molecule has 140 valence electrons. The summed E-state index contributed by atoms with van der Waals surface area (Å²) in [6.45, 7) is 6.23. The number of carboxylic acids is 1. The predicted molar refractivity (Wildman–Crippen MR) is 91.9 cm³/mol. The summed E-state index contributed by atoms with van der Waals surface area (Å²) in [4.78, 5) is 23.1. The van der Waals surface area contributed by atoms with Crippen LogP contribution in [0.1, 0.15) is 36.7 Å². The molecule has 1 rings (SSSR count). The summed E-state index contributed by atoms with van der Waals surface area (Å²) in [5.74, 6) is -2.14. The number of nitrogens with one attached hydrogen (secondary N) is 1. The number of aliphatic carboxylic acids is 1. The minimum Gasteiger partial charge on any atom is -0.479 e. The third-order valence-corrected chi connectivity index (χ3v) is 6.02.